The van der Waals surface area contributed by atoms with Crippen LogP contribution in [0.15, 0.2) is 59.7 Å². The van der Waals surface area contributed by atoms with Crippen LogP contribution in [0.2, 0.25) is 0 Å². The predicted octanol–water partition coefficient (Wildman–Crippen LogP) is 5.71. The second-order valence-corrected chi connectivity index (χ2v) is 18.1. The van der Waals surface area contributed by atoms with Crippen molar-refractivity contribution >= 4 is 39.8 Å². The quantitative estimate of drug-likeness (QED) is 0.119. The molecule has 61 heavy (non-hydrogen) atoms. The third-order valence-corrected chi connectivity index (χ3v) is 13.8. The van der Waals surface area contributed by atoms with Crippen molar-refractivity contribution in [3.05, 3.63) is 76.5 Å². The molecule has 2 saturated carbocycles. The Morgan fingerprint density at radius 1 is 0.934 bits per heavy atom. The Balaban J connectivity index is 0.749. The summed E-state index contributed by atoms with van der Waals surface area (Å²) < 4.78 is 11.8. The number of aryl methyl sites for hydroxylation is 1. The molecule has 2 aliphatic heterocycles. The van der Waals surface area contributed by atoms with Crippen LogP contribution in [0.3, 0.4) is 0 Å². The molecule has 14 nitrogen and oxygen atoms in total. The van der Waals surface area contributed by atoms with Gasteiger partial charge in [0.05, 0.1) is 29.8 Å². The van der Waals surface area contributed by atoms with E-state index in [1.807, 2.05) is 24.4 Å². The number of nitrogens with one attached hydrogen (secondary N) is 2. The van der Waals surface area contributed by atoms with Gasteiger partial charge in [0.1, 0.15) is 11.7 Å². The van der Waals surface area contributed by atoms with Crippen LogP contribution in [0.1, 0.15) is 101 Å². The number of ether oxygens (including phenoxy) is 1. The molecule has 5 heterocycles. The number of aliphatic hydroxyl groups excluding tert-OH is 1. The summed E-state index contributed by atoms with van der Waals surface area (Å²) >= 11 is 0. The fourth-order valence-corrected chi connectivity index (χ4v) is 10.1. The molecule has 14 heteroatoms. The molecule has 9 rings (SSSR count). The second kappa shape index (κ2) is 17.8. The molecule has 3 N–H and O–H groups in total. The van der Waals surface area contributed by atoms with Gasteiger partial charge in [-0.2, -0.15) is 4.98 Å². The standard InChI is InChI=1S/C47H61N9O5/c1-4-5-30(2)49-46-48-27-38-39(29-55(44(38)51-46)34-11-13-36(57)14-12-34)33-9-6-32(7-10-33)28-53-19-21-54(22-20-53)35-25-37(26-35)61-23-18-31-8-15-40-42(24-31)52(3)47(60)56(40)41-16-17-43(58)50-45(41)59/h6-10,15,24,27,29-30,34-37,41,57H,4-5,11-14,16-23,25-26,28H2,1-3H3,(H,48,49,51)(H,50,58,59)/t30-,34?,35?,36?,37?,41?/m0/s1. The fourth-order valence-electron chi connectivity index (χ4n) is 10.1. The number of aliphatic hydroxyl groups is 1. The van der Waals surface area contributed by atoms with Crippen LogP contribution in [0, 0.1) is 0 Å². The summed E-state index contributed by atoms with van der Waals surface area (Å²) in [6.45, 7) is 10.2. The number of hydrogen-bond donors (Lipinski definition) is 3. The maximum atomic E-state index is 13.1. The van der Waals surface area contributed by atoms with Crippen molar-refractivity contribution in [3.8, 4) is 11.1 Å². The number of aromatic nitrogens is 5. The Morgan fingerprint density at radius 3 is 2.43 bits per heavy atom. The van der Waals surface area contributed by atoms with Crippen molar-refractivity contribution in [1.82, 2.24) is 38.8 Å². The number of piperazine rings is 1. The molecule has 5 aromatic rings. The fraction of sp³-hybridized carbons (Fsp3) is 0.553. The van der Waals surface area contributed by atoms with Crippen molar-refractivity contribution in [2.75, 3.05) is 38.1 Å². The SMILES string of the molecule is CCC[C@H](C)Nc1ncc2c(-c3ccc(CN4CCN(C5CC(OCCc6ccc7c(c6)n(C)c(=O)n7C6CCC(=O)NC6=O)C5)CC4)cc3)cn(C3CCC(O)CC3)c2n1. The molecule has 2 aliphatic carbocycles. The molecule has 3 aromatic heterocycles. The number of benzene rings is 2. The number of carbonyl (C=O) groups is 2. The van der Waals surface area contributed by atoms with Crippen LogP contribution in [-0.2, 0) is 34.3 Å². The number of imide groups is 1. The van der Waals surface area contributed by atoms with E-state index in [1.165, 1.54) is 15.7 Å². The zero-order chi connectivity index (χ0) is 42.2. The first kappa shape index (κ1) is 41.5. The van der Waals surface area contributed by atoms with Gasteiger partial charge in [0.2, 0.25) is 17.8 Å². The predicted molar refractivity (Wildman–Crippen MR) is 236 cm³/mol. The van der Waals surface area contributed by atoms with E-state index < -0.39 is 11.9 Å². The minimum absolute atomic E-state index is 0.204. The van der Waals surface area contributed by atoms with Crippen LogP contribution in [-0.4, -0.2) is 107 Å². The van der Waals surface area contributed by atoms with Gasteiger partial charge >= 0.3 is 5.69 Å². The van der Waals surface area contributed by atoms with E-state index in [4.69, 9.17) is 14.7 Å². The van der Waals surface area contributed by atoms with Gasteiger partial charge in [-0.3, -0.25) is 33.8 Å². The largest absolute Gasteiger partial charge is 0.393 e. The van der Waals surface area contributed by atoms with Crippen LogP contribution in [0.4, 0.5) is 5.95 Å². The minimum atomic E-state index is -0.681. The Bertz CT molecular complexity index is 2420. The van der Waals surface area contributed by atoms with E-state index in [0.717, 1.165) is 118 Å². The Labute approximate surface area is 357 Å². The molecule has 2 aromatic carbocycles. The summed E-state index contributed by atoms with van der Waals surface area (Å²) in [6.07, 6.45) is 13.4. The molecule has 0 bridgehead atoms. The number of piperidine rings is 1. The van der Waals surface area contributed by atoms with E-state index in [2.05, 4.69) is 69.3 Å². The average Bonchev–Trinajstić information content (AvgIpc) is 3.73. The first-order chi connectivity index (χ1) is 29.6. The number of anilines is 1. The molecule has 4 fully saturated rings. The molecule has 4 aliphatic rings. The molecule has 324 valence electrons. The summed E-state index contributed by atoms with van der Waals surface area (Å²) in [4.78, 5) is 52.3. The Hall–Kier alpha value is -4.89. The first-order valence-electron chi connectivity index (χ1n) is 22.6. The average molecular weight is 832 g/mol. The zero-order valence-corrected chi connectivity index (χ0v) is 35.9. The van der Waals surface area contributed by atoms with Gasteiger partial charge in [-0.1, -0.05) is 43.7 Å². The Kier molecular flexibility index (Phi) is 12.1. The number of imidazole rings is 1. The third-order valence-electron chi connectivity index (χ3n) is 13.8. The lowest BCUT2D eigenvalue weighted by atomic mass is 9.87. The van der Waals surface area contributed by atoms with Gasteiger partial charge in [-0.25, -0.2) is 9.78 Å². The maximum Gasteiger partial charge on any atom is 0.329 e. The number of amides is 2. The number of hydrogen-bond acceptors (Lipinski definition) is 10. The van der Waals surface area contributed by atoms with Crippen molar-refractivity contribution < 1.29 is 19.4 Å². The van der Waals surface area contributed by atoms with Crippen LogP contribution in [0.5, 0.6) is 0 Å². The molecular weight excluding hydrogens is 771 g/mol. The highest BCUT2D eigenvalue weighted by molar-refractivity contribution is 6.00. The molecule has 2 saturated heterocycles. The van der Waals surface area contributed by atoms with Gasteiger partial charge in [0, 0.05) is 87.7 Å². The van der Waals surface area contributed by atoms with E-state index in [1.54, 1.807) is 11.6 Å². The van der Waals surface area contributed by atoms with E-state index in [-0.39, 0.29) is 30.2 Å². The lowest BCUT2D eigenvalue weighted by Crippen LogP contribution is -2.55. The molecule has 2 atom stereocenters. The summed E-state index contributed by atoms with van der Waals surface area (Å²) in [7, 11) is 1.73. The third kappa shape index (κ3) is 8.77. The first-order valence-corrected chi connectivity index (χ1v) is 22.6. The van der Waals surface area contributed by atoms with Crippen LogP contribution >= 0.6 is 0 Å². The molecule has 2 amide bonds. The monoisotopic (exact) mass is 831 g/mol. The highest BCUT2D eigenvalue weighted by Gasteiger charge is 2.36. The van der Waals surface area contributed by atoms with Crippen LogP contribution < -0.4 is 16.3 Å². The molecular formula is C47H61N9O5. The zero-order valence-electron chi connectivity index (χ0n) is 35.9. The summed E-state index contributed by atoms with van der Waals surface area (Å²) in [5.74, 6) is -0.0359. The van der Waals surface area contributed by atoms with Gasteiger partial charge in [-0.05, 0) is 93.5 Å². The number of nitrogens with zero attached hydrogens (tertiary/aromatic N) is 7. The number of fused-ring (bicyclic) bond motifs is 2. The number of rotatable bonds is 14. The van der Waals surface area contributed by atoms with Crippen molar-refractivity contribution in [3.63, 3.8) is 0 Å². The highest BCUT2D eigenvalue weighted by atomic mass is 16.5. The van der Waals surface area contributed by atoms with E-state index in [9.17, 15) is 19.5 Å². The smallest absolute Gasteiger partial charge is 0.329 e. The topological polar surface area (TPSA) is 152 Å². The maximum absolute atomic E-state index is 13.1. The van der Waals surface area contributed by atoms with Gasteiger partial charge in [0.15, 0.2) is 0 Å². The van der Waals surface area contributed by atoms with Gasteiger partial charge in [0.25, 0.3) is 0 Å². The lowest BCUT2D eigenvalue weighted by molar-refractivity contribution is -0.135. The Morgan fingerprint density at radius 2 is 1.69 bits per heavy atom. The van der Waals surface area contributed by atoms with Crippen molar-refractivity contribution in [1.29, 1.82) is 0 Å². The summed E-state index contributed by atoms with van der Waals surface area (Å²) in [6, 6.07) is 15.5. The summed E-state index contributed by atoms with van der Waals surface area (Å²) in [5.41, 5.74) is 6.94. The molecule has 1 unspecified atom stereocenters. The normalized spacial score (nSPS) is 24.6. The minimum Gasteiger partial charge on any atom is -0.393 e. The van der Waals surface area contributed by atoms with Gasteiger partial charge in [-0.15, -0.1) is 0 Å². The lowest BCUT2D eigenvalue weighted by Gasteiger charge is -2.46. The van der Waals surface area contributed by atoms with Crippen LogP contribution in [0.25, 0.3) is 33.2 Å². The van der Waals surface area contributed by atoms with E-state index in [0.29, 0.717) is 42.6 Å². The van der Waals surface area contributed by atoms with E-state index >= 15 is 0 Å². The van der Waals surface area contributed by atoms with Crippen molar-refractivity contribution in [2.24, 2.45) is 7.05 Å². The molecule has 0 radical (unpaired) electrons. The summed E-state index contributed by atoms with van der Waals surface area (Å²) in [5, 5.41) is 17.2. The number of carbonyl (C=O) groups excluding carboxylic acids is 2. The van der Waals surface area contributed by atoms with Gasteiger partial charge < -0.3 is 19.7 Å². The molecule has 0 spiro atoms. The van der Waals surface area contributed by atoms with Crippen molar-refractivity contribution in [2.45, 2.75) is 127 Å². The second-order valence-electron chi connectivity index (χ2n) is 18.1. The highest BCUT2D eigenvalue weighted by Crippen LogP contribution is 2.37.